The van der Waals surface area contributed by atoms with E-state index in [1.54, 1.807) is 12.1 Å². The van der Waals surface area contributed by atoms with E-state index < -0.39 is 35.7 Å². The van der Waals surface area contributed by atoms with Crippen molar-refractivity contribution in [3.8, 4) is 11.5 Å². The Morgan fingerprint density at radius 3 is 2.46 bits per heavy atom. The second kappa shape index (κ2) is 16.0. The first-order chi connectivity index (χ1) is 24.9. The topological polar surface area (TPSA) is 137 Å². The highest BCUT2D eigenvalue weighted by atomic mass is 16.7. The Morgan fingerprint density at radius 2 is 1.69 bits per heavy atom. The number of benzene rings is 4. The Labute approximate surface area is 305 Å². The molecular weight excluding hydrogens is 658 g/mol. The van der Waals surface area contributed by atoms with Crippen LogP contribution in [-0.4, -0.2) is 81.9 Å². The predicted molar refractivity (Wildman–Crippen MR) is 199 cm³/mol. The minimum atomic E-state index is -1.01. The fourth-order valence-electron chi connectivity index (χ4n) is 7.81. The number of carbonyl (C=O) groups is 2. The van der Waals surface area contributed by atoms with Gasteiger partial charge in [-0.25, -0.2) is 0 Å². The number of aliphatic hydroxyl groups is 3. The average Bonchev–Trinajstić information content (AvgIpc) is 3.66. The van der Waals surface area contributed by atoms with E-state index in [9.17, 15) is 19.8 Å². The molecule has 0 radical (unpaired) electrons. The molecule has 1 unspecified atom stereocenters. The van der Waals surface area contributed by atoms with Gasteiger partial charge in [0.25, 0.3) is 5.91 Å². The third-order valence-corrected chi connectivity index (χ3v) is 10.1. The minimum Gasteiger partial charge on any atom is -0.491 e. The molecule has 6 atom stereocenters. The fourth-order valence-corrected chi connectivity index (χ4v) is 7.81. The van der Waals surface area contributed by atoms with Crippen LogP contribution in [0.1, 0.15) is 62.8 Å². The van der Waals surface area contributed by atoms with Gasteiger partial charge in [0.1, 0.15) is 31.5 Å². The molecule has 0 aromatic heterocycles. The maximum Gasteiger partial charge on any atom is 0.282 e. The quantitative estimate of drug-likeness (QED) is 0.119. The highest BCUT2D eigenvalue weighted by Gasteiger charge is 2.52. The molecule has 0 spiro atoms. The third-order valence-electron chi connectivity index (χ3n) is 10.1. The van der Waals surface area contributed by atoms with Crippen molar-refractivity contribution in [3.63, 3.8) is 0 Å². The number of nitrogens with one attached hydrogen (secondary N) is 2. The second-order valence-corrected chi connectivity index (χ2v) is 15.3. The van der Waals surface area contributed by atoms with Crippen molar-refractivity contribution in [2.45, 2.75) is 82.7 Å². The largest absolute Gasteiger partial charge is 0.491 e. The Balaban J connectivity index is 1.28. The summed E-state index contributed by atoms with van der Waals surface area (Å²) in [6, 6.07) is 27.7. The number of aliphatic hydroxyl groups excluding tert-OH is 3. The van der Waals surface area contributed by atoms with Crippen LogP contribution in [0.5, 0.6) is 11.5 Å². The lowest BCUT2D eigenvalue weighted by molar-refractivity contribution is -1.08. The summed E-state index contributed by atoms with van der Waals surface area (Å²) >= 11 is 0. The van der Waals surface area contributed by atoms with Crippen LogP contribution in [0, 0.1) is 5.92 Å². The monoisotopic (exact) mass is 710 g/mol. The molecule has 4 aromatic rings. The van der Waals surface area contributed by atoms with E-state index in [1.165, 1.54) is 0 Å². The SMILES string of the molecule is CC(C)(C)NC(=O)[C@@H]1CCC[N+]1(C[C@@H](O)C[C@@H](Cc1ccc(OCCO)cc1)C(=O)N[C@H]1c2ccccc2C[C@H]1O)Oc1cccc2ccccc12. The average molecular weight is 711 g/mol. The van der Waals surface area contributed by atoms with E-state index in [0.29, 0.717) is 37.3 Å². The van der Waals surface area contributed by atoms with Crippen molar-refractivity contribution < 1.29 is 39.1 Å². The van der Waals surface area contributed by atoms with E-state index in [-0.39, 0.29) is 42.6 Å². The third kappa shape index (κ3) is 8.75. The molecule has 1 aliphatic carbocycles. The fraction of sp³-hybridized carbons (Fsp3) is 0.429. The van der Waals surface area contributed by atoms with Gasteiger partial charge in [-0.1, -0.05) is 72.8 Å². The molecule has 5 N–H and O–H groups in total. The molecule has 1 heterocycles. The molecule has 276 valence electrons. The molecule has 2 amide bonds. The van der Waals surface area contributed by atoms with Crippen molar-refractivity contribution in [3.05, 3.63) is 108 Å². The Bertz CT molecular complexity index is 1840. The van der Waals surface area contributed by atoms with Gasteiger partial charge in [-0.3, -0.25) is 9.59 Å². The number of ether oxygens (including phenoxy) is 1. The first kappa shape index (κ1) is 37.3. The van der Waals surface area contributed by atoms with Crippen LogP contribution in [-0.2, 0) is 22.4 Å². The molecule has 4 aromatic carbocycles. The standard InChI is InChI=1S/C42H51N3O7/c1-42(2,3)44-41(50)36-15-9-21-45(36,52-38-16-8-12-29-10-4-6-13-34(29)38)27-32(47)25-31(24-28-17-19-33(20-18-28)51-23-22-46)40(49)43-39-35-14-7-5-11-30(35)26-37(39)48/h4-8,10-14,16-20,31-32,36-37,39,46-48H,9,15,21-27H2,1-3H3,(H-,43,44,49,50)/p+1/t31-,32+,36+,37-,39+,45?/m1/s1. The van der Waals surface area contributed by atoms with Crippen LogP contribution < -0.4 is 20.2 Å². The summed E-state index contributed by atoms with van der Waals surface area (Å²) in [7, 11) is 0. The van der Waals surface area contributed by atoms with E-state index in [0.717, 1.165) is 33.9 Å². The van der Waals surface area contributed by atoms with Gasteiger partial charge < -0.3 is 35.5 Å². The summed E-state index contributed by atoms with van der Waals surface area (Å²) in [4.78, 5) is 35.0. The maximum atomic E-state index is 14.2. The minimum absolute atomic E-state index is 0.0953. The summed E-state index contributed by atoms with van der Waals surface area (Å²) in [5.74, 6) is 0.165. The highest BCUT2D eigenvalue weighted by molar-refractivity contribution is 5.88. The number of hydrogen-bond donors (Lipinski definition) is 5. The molecule has 0 bridgehead atoms. The van der Waals surface area contributed by atoms with E-state index in [2.05, 4.69) is 10.6 Å². The van der Waals surface area contributed by atoms with Crippen molar-refractivity contribution in [1.82, 2.24) is 10.6 Å². The summed E-state index contributed by atoms with van der Waals surface area (Å²) in [6.45, 7) is 6.53. The number of carbonyl (C=O) groups excluding carboxylic acids is 2. The molecule has 52 heavy (non-hydrogen) atoms. The number of hydrogen-bond acceptors (Lipinski definition) is 7. The molecular formula is C42H52N3O7+. The van der Waals surface area contributed by atoms with Crippen LogP contribution in [0.4, 0.5) is 0 Å². The molecule has 1 fully saturated rings. The zero-order valence-corrected chi connectivity index (χ0v) is 30.3. The zero-order chi connectivity index (χ0) is 36.9. The van der Waals surface area contributed by atoms with E-state index >= 15 is 0 Å². The van der Waals surface area contributed by atoms with E-state index in [4.69, 9.17) is 14.7 Å². The molecule has 1 aliphatic heterocycles. The first-order valence-corrected chi connectivity index (χ1v) is 18.4. The van der Waals surface area contributed by atoms with Crippen LogP contribution >= 0.6 is 0 Å². The number of quaternary nitrogens is 1. The second-order valence-electron chi connectivity index (χ2n) is 15.3. The zero-order valence-electron chi connectivity index (χ0n) is 30.3. The van der Waals surface area contributed by atoms with Gasteiger partial charge in [0, 0.05) is 36.1 Å². The lowest BCUT2D eigenvalue weighted by Crippen LogP contribution is -2.63. The Kier molecular flexibility index (Phi) is 11.5. The summed E-state index contributed by atoms with van der Waals surface area (Å²) in [5, 5.41) is 40.3. The number of fused-ring (bicyclic) bond motifs is 2. The number of nitrogens with zero attached hydrogens (tertiary/aromatic N) is 1. The van der Waals surface area contributed by atoms with Gasteiger partial charge >= 0.3 is 0 Å². The predicted octanol–water partition coefficient (Wildman–Crippen LogP) is 4.78. The highest BCUT2D eigenvalue weighted by Crippen LogP contribution is 2.36. The van der Waals surface area contributed by atoms with E-state index in [1.807, 2.05) is 99.6 Å². The van der Waals surface area contributed by atoms with Gasteiger partial charge in [-0.05, 0) is 73.9 Å². The van der Waals surface area contributed by atoms with Crippen molar-refractivity contribution in [2.75, 3.05) is 26.3 Å². The van der Waals surface area contributed by atoms with Gasteiger partial charge in [0.05, 0.1) is 18.8 Å². The number of hydroxylamine groups is 3. The lowest BCUT2D eigenvalue weighted by atomic mass is 9.91. The summed E-state index contributed by atoms with van der Waals surface area (Å²) in [5.41, 5.74) is 2.31. The molecule has 2 aliphatic rings. The number of likely N-dealkylation sites (tertiary alicyclic amines) is 1. The van der Waals surface area contributed by atoms with Gasteiger partial charge in [0.15, 0.2) is 5.75 Å². The van der Waals surface area contributed by atoms with Crippen molar-refractivity contribution >= 4 is 22.6 Å². The molecule has 6 rings (SSSR count). The van der Waals surface area contributed by atoms with Crippen molar-refractivity contribution in [2.24, 2.45) is 5.92 Å². The summed E-state index contributed by atoms with van der Waals surface area (Å²) < 4.78 is 5.44. The van der Waals surface area contributed by atoms with Gasteiger partial charge in [0.2, 0.25) is 11.9 Å². The van der Waals surface area contributed by atoms with Crippen molar-refractivity contribution in [1.29, 1.82) is 0 Å². The van der Waals surface area contributed by atoms with Crippen LogP contribution in [0.25, 0.3) is 10.8 Å². The van der Waals surface area contributed by atoms with Crippen LogP contribution in [0.3, 0.4) is 0 Å². The normalized spacial score (nSPS) is 22.4. The molecule has 0 saturated carbocycles. The Morgan fingerprint density at radius 1 is 0.962 bits per heavy atom. The maximum absolute atomic E-state index is 14.2. The first-order valence-electron chi connectivity index (χ1n) is 18.4. The smallest absolute Gasteiger partial charge is 0.282 e. The molecule has 10 nitrogen and oxygen atoms in total. The summed E-state index contributed by atoms with van der Waals surface area (Å²) in [6.07, 6.45) is 0.427. The van der Waals surface area contributed by atoms with Gasteiger partial charge in [-0.2, -0.15) is 0 Å². The molecule has 1 saturated heterocycles. The lowest BCUT2D eigenvalue weighted by Gasteiger charge is -2.39. The van der Waals surface area contributed by atoms with Crippen LogP contribution in [0.15, 0.2) is 91.0 Å². The Hall–Kier alpha value is -4.48. The number of rotatable bonds is 14. The van der Waals surface area contributed by atoms with Crippen LogP contribution in [0.2, 0.25) is 0 Å². The number of amides is 2. The van der Waals surface area contributed by atoms with Gasteiger partial charge in [-0.15, -0.1) is 4.65 Å². The molecule has 10 heteroatoms.